The van der Waals surface area contributed by atoms with Gasteiger partial charge in [-0.05, 0) is 48.1 Å². The zero-order chi connectivity index (χ0) is 23.5. The molecule has 0 N–H and O–H groups in total. The lowest BCUT2D eigenvalue weighted by atomic mass is 10.00. The van der Waals surface area contributed by atoms with Crippen LogP contribution in [0.4, 0.5) is 30.7 Å². The molecule has 3 aromatic carbocycles. The summed E-state index contributed by atoms with van der Waals surface area (Å²) < 4.78 is 101. The summed E-state index contributed by atoms with van der Waals surface area (Å²) in [7, 11) is 0. The van der Waals surface area contributed by atoms with Gasteiger partial charge in [0.1, 0.15) is 5.75 Å². The van der Waals surface area contributed by atoms with Gasteiger partial charge in [0, 0.05) is 12.1 Å². The molecule has 0 fully saturated rings. The van der Waals surface area contributed by atoms with E-state index in [4.69, 9.17) is 0 Å². The normalized spacial score (nSPS) is 11.6. The van der Waals surface area contributed by atoms with Gasteiger partial charge < -0.3 is 4.74 Å². The van der Waals surface area contributed by atoms with Gasteiger partial charge in [-0.15, -0.1) is 0 Å². The Hall–Kier alpha value is -3.03. The number of halogens is 7. The fourth-order valence-corrected chi connectivity index (χ4v) is 3.23. The smallest absolute Gasteiger partial charge is 0.426 e. The highest BCUT2D eigenvalue weighted by Gasteiger charge is 2.35. The highest BCUT2D eigenvalue weighted by molar-refractivity contribution is 5.31. The molecule has 0 aromatic heterocycles. The molecule has 0 radical (unpaired) electrons. The van der Waals surface area contributed by atoms with Crippen molar-refractivity contribution in [1.29, 1.82) is 0 Å². The molecule has 0 aliphatic heterocycles. The molecule has 0 heterocycles. The minimum atomic E-state index is -3.94. The van der Waals surface area contributed by atoms with Crippen molar-refractivity contribution in [3.8, 4) is 5.75 Å². The average molecular weight is 456 g/mol. The molecule has 170 valence electrons. The van der Waals surface area contributed by atoms with Crippen molar-refractivity contribution in [3.63, 3.8) is 0 Å². The molecule has 3 rings (SSSR count). The van der Waals surface area contributed by atoms with Crippen LogP contribution in [0.15, 0.2) is 48.5 Å². The van der Waals surface area contributed by atoms with Crippen LogP contribution in [-0.4, -0.2) is 0 Å². The first kappa shape index (κ1) is 23.6. The van der Waals surface area contributed by atoms with Crippen LogP contribution in [0.2, 0.25) is 0 Å². The van der Waals surface area contributed by atoms with Crippen molar-refractivity contribution in [2.75, 3.05) is 0 Å². The standard InChI is InChI=1S/C24H19F7O/c1-2-3-15-8-9-16(22(28)21(15)27)7-4-14-5-10-17(11-6-14)24(30,31)32-18-12-19(25)23(29)20(26)13-18/h5-6,8-13H,2-4,7H2,1H3. The molecule has 3 aromatic rings. The average Bonchev–Trinajstić information content (AvgIpc) is 2.75. The fourth-order valence-electron chi connectivity index (χ4n) is 3.23. The molecular formula is C24H19F7O. The first-order valence-electron chi connectivity index (χ1n) is 9.89. The van der Waals surface area contributed by atoms with Crippen molar-refractivity contribution in [3.05, 3.63) is 99.9 Å². The van der Waals surface area contributed by atoms with Crippen LogP contribution in [0, 0.1) is 29.1 Å². The van der Waals surface area contributed by atoms with Crippen LogP contribution in [-0.2, 0) is 25.4 Å². The van der Waals surface area contributed by atoms with E-state index in [1.54, 1.807) is 6.07 Å². The fraction of sp³-hybridized carbons (Fsp3) is 0.250. The van der Waals surface area contributed by atoms with Crippen LogP contribution in [0.3, 0.4) is 0 Å². The lowest BCUT2D eigenvalue weighted by Crippen LogP contribution is -2.22. The van der Waals surface area contributed by atoms with E-state index in [9.17, 15) is 30.7 Å². The van der Waals surface area contributed by atoms with Crippen LogP contribution >= 0.6 is 0 Å². The SMILES string of the molecule is CCCc1ccc(CCc2ccc(C(F)(F)Oc3cc(F)c(F)c(F)c3)cc2)c(F)c1F. The molecule has 8 heteroatoms. The summed E-state index contributed by atoms with van der Waals surface area (Å²) in [5.41, 5.74) is 0.468. The summed E-state index contributed by atoms with van der Waals surface area (Å²) in [6.45, 7) is 1.86. The topological polar surface area (TPSA) is 9.23 Å². The van der Waals surface area contributed by atoms with Crippen LogP contribution in [0.25, 0.3) is 0 Å². The molecule has 0 aliphatic carbocycles. The van der Waals surface area contributed by atoms with E-state index in [1.807, 2.05) is 6.92 Å². The number of benzene rings is 3. The predicted octanol–water partition coefficient (Wildman–Crippen LogP) is 7.25. The Morgan fingerprint density at radius 1 is 0.688 bits per heavy atom. The molecular weight excluding hydrogens is 437 g/mol. The number of hydrogen-bond acceptors (Lipinski definition) is 1. The highest BCUT2D eigenvalue weighted by atomic mass is 19.3. The van der Waals surface area contributed by atoms with Gasteiger partial charge in [-0.2, -0.15) is 8.78 Å². The molecule has 0 aliphatic rings. The first-order chi connectivity index (χ1) is 15.1. The molecule has 32 heavy (non-hydrogen) atoms. The van der Waals surface area contributed by atoms with E-state index >= 15 is 0 Å². The van der Waals surface area contributed by atoms with E-state index < -0.39 is 46.5 Å². The lowest BCUT2D eigenvalue weighted by molar-refractivity contribution is -0.185. The Labute approximate surface area is 180 Å². The molecule has 0 saturated carbocycles. The van der Waals surface area contributed by atoms with E-state index in [0.717, 1.165) is 12.1 Å². The number of aryl methyl sites for hydroxylation is 3. The number of ether oxygens (including phenoxy) is 1. The second-order valence-electron chi connectivity index (χ2n) is 7.28. The van der Waals surface area contributed by atoms with Gasteiger partial charge in [0.2, 0.25) is 0 Å². The van der Waals surface area contributed by atoms with E-state index in [-0.39, 0.29) is 18.4 Å². The molecule has 0 unspecified atom stereocenters. The van der Waals surface area contributed by atoms with Crippen LogP contribution in [0.5, 0.6) is 5.75 Å². The number of hydrogen-bond donors (Lipinski definition) is 0. The van der Waals surface area contributed by atoms with Gasteiger partial charge in [0.15, 0.2) is 29.1 Å². The summed E-state index contributed by atoms with van der Waals surface area (Å²) in [4.78, 5) is 0. The van der Waals surface area contributed by atoms with E-state index in [0.29, 0.717) is 36.1 Å². The molecule has 0 spiro atoms. The summed E-state index contributed by atoms with van der Waals surface area (Å²) in [6, 6.07) is 8.51. The van der Waals surface area contributed by atoms with E-state index in [2.05, 4.69) is 4.74 Å². The third-order valence-electron chi connectivity index (χ3n) is 4.94. The van der Waals surface area contributed by atoms with Crippen molar-refractivity contribution in [2.24, 2.45) is 0 Å². The van der Waals surface area contributed by atoms with Crippen molar-refractivity contribution < 1.29 is 35.5 Å². The molecule has 0 saturated heterocycles. The minimum Gasteiger partial charge on any atom is -0.429 e. The van der Waals surface area contributed by atoms with Gasteiger partial charge in [-0.25, -0.2) is 22.0 Å². The van der Waals surface area contributed by atoms with Crippen LogP contribution in [0.1, 0.15) is 35.6 Å². The Morgan fingerprint density at radius 3 is 1.75 bits per heavy atom. The number of alkyl halides is 2. The van der Waals surface area contributed by atoms with Crippen molar-refractivity contribution in [2.45, 2.75) is 38.7 Å². The van der Waals surface area contributed by atoms with Gasteiger partial charge in [0.05, 0.1) is 5.56 Å². The first-order valence-corrected chi connectivity index (χ1v) is 9.89. The minimum absolute atomic E-state index is 0.162. The Morgan fingerprint density at radius 2 is 1.22 bits per heavy atom. The second kappa shape index (κ2) is 9.63. The predicted molar refractivity (Wildman–Crippen MR) is 105 cm³/mol. The maximum atomic E-state index is 14.3. The summed E-state index contributed by atoms with van der Waals surface area (Å²) in [5, 5.41) is 0. The molecule has 0 atom stereocenters. The zero-order valence-electron chi connectivity index (χ0n) is 17.0. The highest BCUT2D eigenvalue weighted by Crippen LogP contribution is 2.33. The largest absolute Gasteiger partial charge is 0.429 e. The summed E-state index contributed by atoms with van der Waals surface area (Å²) in [5.74, 6) is -7.76. The number of rotatable bonds is 8. The maximum Gasteiger partial charge on any atom is 0.426 e. The van der Waals surface area contributed by atoms with Gasteiger partial charge in [0.25, 0.3) is 0 Å². The van der Waals surface area contributed by atoms with Crippen molar-refractivity contribution >= 4 is 0 Å². The molecule has 0 amide bonds. The lowest BCUT2D eigenvalue weighted by Gasteiger charge is -2.19. The monoisotopic (exact) mass is 456 g/mol. The molecule has 0 bridgehead atoms. The third-order valence-corrected chi connectivity index (χ3v) is 4.94. The zero-order valence-corrected chi connectivity index (χ0v) is 17.0. The van der Waals surface area contributed by atoms with Crippen molar-refractivity contribution in [1.82, 2.24) is 0 Å². The van der Waals surface area contributed by atoms with E-state index in [1.165, 1.54) is 18.2 Å². The van der Waals surface area contributed by atoms with Gasteiger partial charge in [-0.1, -0.05) is 37.6 Å². The second-order valence-corrected chi connectivity index (χ2v) is 7.28. The summed E-state index contributed by atoms with van der Waals surface area (Å²) in [6.07, 6.45) is -2.40. The Kier molecular flexibility index (Phi) is 7.11. The quantitative estimate of drug-likeness (QED) is 0.256. The Balaban J connectivity index is 1.69. The maximum absolute atomic E-state index is 14.3. The Bertz CT molecular complexity index is 1070. The third kappa shape index (κ3) is 5.23. The molecule has 1 nitrogen and oxygen atoms in total. The van der Waals surface area contributed by atoms with Gasteiger partial charge in [-0.3, -0.25) is 0 Å². The van der Waals surface area contributed by atoms with Crippen LogP contribution < -0.4 is 4.74 Å². The summed E-state index contributed by atoms with van der Waals surface area (Å²) >= 11 is 0. The van der Waals surface area contributed by atoms with Gasteiger partial charge >= 0.3 is 6.11 Å².